The summed E-state index contributed by atoms with van der Waals surface area (Å²) >= 11 is 1.80. The van der Waals surface area contributed by atoms with E-state index in [2.05, 4.69) is 45.0 Å². The van der Waals surface area contributed by atoms with Crippen molar-refractivity contribution in [1.82, 2.24) is 15.6 Å². The van der Waals surface area contributed by atoms with Gasteiger partial charge in [0.25, 0.3) is 0 Å². The molecule has 3 rings (SSSR count). The van der Waals surface area contributed by atoms with Crippen molar-refractivity contribution in [2.75, 3.05) is 31.6 Å². The SMILES string of the molecule is CN=C(NCCc1c[nH]c2ccccc12)NCC1(O)CCSC1. The van der Waals surface area contributed by atoms with Crippen LogP contribution in [0.15, 0.2) is 35.5 Å². The quantitative estimate of drug-likeness (QED) is 0.497. The Balaban J connectivity index is 1.48. The number of aromatic nitrogens is 1. The molecule has 1 aliphatic rings. The second kappa shape index (κ2) is 7.27. The summed E-state index contributed by atoms with van der Waals surface area (Å²) in [5, 5.41) is 18.2. The monoisotopic (exact) mass is 332 g/mol. The van der Waals surface area contributed by atoms with Gasteiger partial charge in [-0.05, 0) is 30.2 Å². The third-order valence-corrected chi connectivity index (χ3v) is 5.49. The number of aliphatic hydroxyl groups is 1. The van der Waals surface area contributed by atoms with Gasteiger partial charge >= 0.3 is 0 Å². The number of fused-ring (bicyclic) bond motifs is 1. The second-order valence-corrected chi connectivity index (χ2v) is 7.09. The highest BCUT2D eigenvalue weighted by atomic mass is 32.2. The Morgan fingerprint density at radius 2 is 2.26 bits per heavy atom. The molecule has 6 heteroatoms. The van der Waals surface area contributed by atoms with E-state index >= 15 is 0 Å². The normalized spacial score (nSPS) is 21.7. The van der Waals surface area contributed by atoms with Gasteiger partial charge in [0.1, 0.15) is 0 Å². The van der Waals surface area contributed by atoms with Crippen molar-refractivity contribution >= 4 is 28.6 Å². The second-order valence-electron chi connectivity index (χ2n) is 5.99. The van der Waals surface area contributed by atoms with Gasteiger partial charge < -0.3 is 20.7 Å². The van der Waals surface area contributed by atoms with E-state index in [1.54, 1.807) is 18.8 Å². The fourth-order valence-electron chi connectivity index (χ4n) is 2.86. The first-order chi connectivity index (χ1) is 11.2. The van der Waals surface area contributed by atoms with Crippen LogP contribution in [0.2, 0.25) is 0 Å². The Morgan fingerprint density at radius 3 is 3.04 bits per heavy atom. The summed E-state index contributed by atoms with van der Waals surface area (Å²) in [6.07, 6.45) is 3.84. The molecule has 0 saturated carbocycles. The first kappa shape index (κ1) is 16.2. The predicted octanol–water partition coefficient (Wildman–Crippen LogP) is 1.74. The van der Waals surface area contributed by atoms with Crippen molar-refractivity contribution < 1.29 is 5.11 Å². The lowest BCUT2D eigenvalue weighted by Gasteiger charge is -2.23. The van der Waals surface area contributed by atoms with Crippen LogP contribution >= 0.6 is 11.8 Å². The number of H-pyrrole nitrogens is 1. The van der Waals surface area contributed by atoms with Crippen LogP contribution in [0.1, 0.15) is 12.0 Å². The van der Waals surface area contributed by atoms with Crippen molar-refractivity contribution in [2.45, 2.75) is 18.4 Å². The number of guanidine groups is 1. The maximum atomic E-state index is 10.4. The van der Waals surface area contributed by atoms with Crippen molar-refractivity contribution in [2.24, 2.45) is 4.99 Å². The van der Waals surface area contributed by atoms with Crippen LogP contribution in [0.3, 0.4) is 0 Å². The van der Waals surface area contributed by atoms with Crippen LogP contribution in [-0.2, 0) is 6.42 Å². The van der Waals surface area contributed by atoms with Crippen LogP contribution in [-0.4, -0.2) is 53.3 Å². The lowest BCUT2D eigenvalue weighted by Crippen LogP contribution is -2.47. The summed E-state index contributed by atoms with van der Waals surface area (Å²) in [5.41, 5.74) is 1.87. The molecule has 1 unspecified atom stereocenters. The number of thioether (sulfide) groups is 1. The Kier molecular flexibility index (Phi) is 5.13. The molecule has 1 aliphatic heterocycles. The van der Waals surface area contributed by atoms with E-state index in [0.29, 0.717) is 6.54 Å². The van der Waals surface area contributed by atoms with Crippen LogP contribution in [0.5, 0.6) is 0 Å². The van der Waals surface area contributed by atoms with Crippen LogP contribution in [0.25, 0.3) is 10.9 Å². The number of para-hydroxylation sites is 1. The van der Waals surface area contributed by atoms with Gasteiger partial charge in [0.2, 0.25) is 0 Å². The standard InChI is InChI=1S/C17H24N4OS/c1-18-16(21-11-17(22)7-9-23-12-17)19-8-6-13-10-20-15-5-3-2-4-14(13)15/h2-5,10,20,22H,6-9,11-12H2,1H3,(H2,18,19,21). The van der Waals surface area contributed by atoms with Gasteiger partial charge in [0, 0.05) is 43.0 Å². The molecular weight excluding hydrogens is 308 g/mol. The predicted molar refractivity (Wildman–Crippen MR) is 98.3 cm³/mol. The zero-order chi connectivity index (χ0) is 16.1. The topological polar surface area (TPSA) is 72.4 Å². The Labute approximate surface area is 141 Å². The van der Waals surface area contributed by atoms with Crippen molar-refractivity contribution in [3.63, 3.8) is 0 Å². The van der Waals surface area contributed by atoms with Gasteiger partial charge in [-0.15, -0.1) is 0 Å². The molecule has 124 valence electrons. The van der Waals surface area contributed by atoms with E-state index in [1.807, 2.05) is 6.07 Å². The zero-order valence-electron chi connectivity index (χ0n) is 13.4. The van der Waals surface area contributed by atoms with Crippen molar-refractivity contribution in [3.8, 4) is 0 Å². The highest BCUT2D eigenvalue weighted by Crippen LogP contribution is 2.26. The lowest BCUT2D eigenvalue weighted by atomic mass is 10.0. The Hall–Kier alpha value is -1.66. The third kappa shape index (κ3) is 4.00. The highest BCUT2D eigenvalue weighted by Gasteiger charge is 2.31. The molecular formula is C17H24N4OS. The molecule has 1 aromatic carbocycles. The van der Waals surface area contributed by atoms with E-state index in [-0.39, 0.29) is 0 Å². The van der Waals surface area contributed by atoms with E-state index in [0.717, 1.165) is 36.9 Å². The van der Waals surface area contributed by atoms with Gasteiger partial charge in [-0.1, -0.05) is 18.2 Å². The van der Waals surface area contributed by atoms with Gasteiger partial charge in [0.05, 0.1) is 5.60 Å². The van der Waals surface area contributed by atoms with Crippen LogP contribution < -0.4 is 10.6 Å². The number of rotatable bonds is 5. The molecule has 0 amide bonds. The molecule has 1 aromatic heterocycles. The molecule has 23 heavy (non-hydrogen) atoms. The molecule has 4 N–H and O–H groups in total. The molecule has 1 fully saturated rings. The first-order valence-electron chi connectivity index (χ1n) is 8.00. The van der Waals surface area contributed by atoms with Gasteiger partial charge in [-0.25, -0.2) is 0 Å². The Bertz CT molecular complexity index is 676. The lowest BCUT2D eigenvalue weighted by molar-refractivity contribution is 0.0724. The summed E-state index contributed by atoms with van der Waals surface area (Å²) in [4.78, 5) is 7.53. The zero-order valence-corrected chi connectivity index (χ0v) is 14.2. The molecule has 2 aromatic rings. The molecule has 5 nitrogen and oxygen atoms in total. The number of hydrogen-bond donors (Lipinski definition) is 4. The first-order valence-corrected chi connectivity index (χ1v) is 9.15. The number of aromatic amines is 1. The number of nitrogens with zero attached hydrogens (tertiary/aromatic N) is 1. The number of benzene rings is 1. The van der Waals surface area contributed by atoms with Gasteiger partial charge in [-0.2, -0.15) is 11.8 Å². The minimum atomic E-state index is -0.598. The highest BCUT2D eigenvalue weighted by molar-refractivity contribution is 7.99. The fraction of sp³-hybridized carbons (Fsp3) is 0.471. The largest absolute Gasteiger partial charge is 0.387 e. The smallest absolute Gasteiger partial charge is 0.191 e. The van der Waals surface area contributed by atoms with Crippen molar-refractivity contribution in [1.29, 1.82) is 0 Å². The molecule has 0 bridgehead atoms. The molecule has 0 radical (unpaired) electrons. The minimum Gasteiger partial charge on any atom is -0.387 e. The third-order valence-electron chi connectivity index (χ3n) is 4.25. The maximum absolute atomic E-state index is 10.4. The van der Waals surface area contributed by atoms with Gasteiger partial charge in [-0.3, -0.25) is 4.99 Å². The van der Waals surface area contributed by atoms with Crippen LogP contribution in [0, 0.1) is 0 Å². The van der Waals surface area contributed by atoms with Gasteiger partial charge in [0.15, 0.2) is 5.96 Å². The number of hydrogen-bond acceptors (Lipinski definition) is 3. The van der Waals surface area contributed by atoms with E-state index in [1.165, 1.54) is 16.5 Å². The summed E-state index contributed by atoms with van der Waals surface area (Å²) in [5.74, 6) is 2.58. The van der Waals surface area contributed by atoms with E-state index < -0.39 is 5.60 Å². The van der Waals surface area contributed by atoms with Crippen molar-refractivity contribution in [3.05, 3.63) is 36.0 Å². The summed E-state index contributed by atoms with van der Waals surface area (Å²) in [6, 6.07) is 8.33. The molecule has 0 spiro atoms. The minimum absolute atomic E-state index is 0.548. The average Bonchev–Trinajstić information content (AvgIpc) is 3.18. The summed E-state index contributed by atoms with van der Waals surface area (Å²) in [6.45, 7) is 1.35. The molecule has 2 heterocycles. The van der Waals surface area contributed by atoms with E-state index in [4.69, 9.17) is 0 Å². The van der Waals surface area contributed by atoms with Crippen LogP contribution in [0.4, 0.5) is 0 Å². The Morgan fingerprint density at radius 1 is 1.39 bits per heavy atom. The molecule has 0 aliphatic carbocycles. The maximum Gasteiger partial charge on any atom is 0.191 e. The van der Waals surface area contributed by atoms with E-state index in [9.17, 15) is 5.11 Å². The fourth-order valence-corrected chi connectivity index (χ4v) is 4.15. The average molecular weight is 332 g/mol. The number of nitrogens with one attached hydrogen (secondary N) is 3. The molecule has 1 atom stereocenters. The summed E-state index contributed by atoms with van der Waals surface area (Å²) < 4.78 is 0. The summed E-state index contributed by atoms with van der Waals surface area (Å²) in [7, 11) is 1.76. The molecule has 1 saturated heterocycles. The number of aliphatic imine (C=N–C) groups is 1.